The Morgan fingerprint density at radius 1 is 0.750 bits per heavy atom. The summed E-state index contributed by atoms with van der Waals surface area (Å²) >= 11 is 0. The van der Waals surface area contributed by atoms with Crippen molar-refractivity contribution in [2.24, 2.45) is 0 Å². The molecule has 0 bridgehead atoms. The standard InChI is InChI=1S/C22H18N2O4/c1-14(25)15-7-6-8-16(13-15)23-21(26)19-11-4-2-9-17(19)18-10-3-5-12-20(18)22(27)24-28/h2-13,28H,1H3,(H,23,26)(H,24,27). The van der Waals surface area contributed by atoms with E-state index in [1.54, 1.807) is 78.3 Å². The van der Waals surface area contributed by atoms with Crippen molar-refractivity contribution in [3.05, 3.63) is 89.5 Å². The lowest BCUT2D eigenvalue weighted by Gasteiger charge is -2.13. The fourth-order valence-corrected chi connectivity index (χ4v) is 2.91. The summed E-state index contributed by atoms with van der Waals surface area (Å²) in [4.78, 5) is 36.4. The average molecular weight is 374 g/mol. The van der Waals surface area contributed by atoms with E-state index in [1.807, 2.05) is 0 Å². The van der Waals surface area contributed by atoms with Crippen LogP contribution in [0.2, 0.25) is 0 Å². The molecule has 3 aromatic rings. The van der Waals surface area contributed by atoms with Gasteiger partial charge in [0.2, 0.25) is 0 Å². The lowest BCUT2D eigenvalue weighted by molar-refractivity contribution is 0.0707. The Kier molecular flexibility index (Phi) is 5.62. The predicted octanol–water partition coefficient (Wildman–Crippen LogP) is 3.93. The third kappa shape index (κ3) is 3.97. The van der Waals surface area contributed by atoms with E-state index in [0.29, 0.717) is 27.9 Å². The first-order chi connectivity index (χ1) is 13.5. The molecule has 3 N–H and O–H groups in total. The summed E-state index contributed by atoms with van der Waals surface area (Å²) in [6.45, 7) is 1.46. The average Bonchev–Trinajstić information content (AvgIpc) is 2.73. The smallest absolute Gasteiger partial charge is 0.275 e. The number of anilines is 1. The molecule has 0 spiro atoms. The number of hydroxylamine groups is 1. The number of nitrogens with one attached hydrogen (secondary N) is 2. The van der Waals surface area contributed by atoms with Crippen LogP contribution in [0.4, 0.5) is 5.69 Å². The second-order valence-electron chi connectivity index (χ2n) is 6.12. The normalized spacial score (nSPS) is 10.2. The Hall–Kier alpha value is -3.77. The maximum absolute atomic E-state index is 12.9. The molecule has 0 saturated carbocycles. The molecule has 2 amide bonds. The van der Waals surface area contributed by atoms with Crippen LogP contribution in [-0.2, 0) is 0 Å². The molecule has 6 heteroatoms. The van der Waals surface area contributed by atoms with Crippen molar-refractivity contribution in [1.29, 1.82) is 0 Å². The summed E-state index contributed by atoms with van der Waals surface area (Å²) in [6, 6.07) is 20.2. The van der Waals surface area contributed by atoms with Gasteiger partial charge in [-0.05, 0) is 42.3 Å². The summed E-state index contributed by atoms with van der Waals surface area (Å²) in [6.07, 6.45) is 0. The van der Waals surface area contributed by atoms with Gasteiger partial charge in [0.25, 0.3) is 11.8 Å². The van der Waals surface area contributed by atoms with Crippen LogP contribution in [0, 0.1) is 0 Å². The van der Waals surface area contributed by atoms with Crippen molar-refractivity contribution in [1.82, 2.24) is 5.48 Å². The lowest BCUT2D eigenvalue weighted by Crippen LogP contribution is -2.20. The highest BCUT2D eigenvalue weighted by Gasteiger charge is 2.18. The van der Waals surface area contributed by atoms with Gasteiger partial charge in [-0.2, -0.15) is 0 Å². The fourth-order valence-electron chi connectivity index (χ4n) is 2.91. The third-order valence-electron chi connectivity index (χ3n) is 4.26. The van der Waals surface area contributed by atoms with Crippen molar-refractivity contribution in [3.8, 4) is 11.1 Å². The minimum absolute atomic E-state index is 0.0968. The molecular weight excluding hydrogens is 356 g/mol. The molecule has 0 radical (unpaired) electrons. The van der Waals surface area contributed by atoms with E-state index in [9.17, 15) is 14.4 Å². The van der Waals surface area contributed by atoms with Gasteiger partial charge in [0.15, 0.2) is 5.78 Å². The zero-order chi connectivity index (χ0) is 20.1. The highest BCUT2D eigenvalue weighted by molar-refractivity contribution is 6.11. The van der Waals surface area contributed by atoms with Crippen LogP contribution in [0.5, 0.6) is 0 Å². The Morgan fingerprint density at radius 3 is 1.89 bits per heavy atom. The van der Waals surface area contributed by atoms with Crippen molar-refractivity contribution in [3.63, 3.8) is 0 Å². The van der Waals surface area contributed by atoms with Gasteiger partial charge < -0.3 is 5.32 Å². The van der Waals surface area contributed by atoms with E-state index in [0.717, 1.165) is 0 Å². The van der Waals surface area contributed by atoms with Crippen LogP contribution in [0.3, 0.4) is 0 Å². The summed E-state index contributed by atoms with van der Waals surface area (Å²) in [5.41, 5.74) is 4.27. The van der Waals surface area contributed by atoms with Crippen LogP contribution in [0.25, 0.3) is 11.1 Å². The molecule has 0 aliphatic rings. The van der Waals surface area contributed by atoms with Crippen LogP contribution < -0.4 is 10.8 Å². The summed E-state index contributed by atoms with van der Waals surface area (Å²) in [7, 11) is 0. The molecule has 0 atom stereocenters. The first kappa shape index (κ1) is 19.0. The van der Waals surface area contributed by atoms with Gasteiger partial charge in [0, 0.05) is 22.4 Å². The minimum atomic E-state index is -0.667. The Bertz CT molecular complexity index is 1060. The maximum atomic E-state index is 12.9. The van der Waals surface area contributed by atoms with Crippen molar-refractivity contribution >= 4 is 23.3 Å². The number of carbonyl (C=O) groups is 3. The molecule has 0 aromatic heterocycles. The molecule has 140 valence electrons. The second-order valence-corrected chi connectivity index (χ2v) is 6.12. The number of hydrogen-bond acceptors (Lipinski definition) is 4. The fraction of sp³-hybridized carbons (Fsp3) is 0.0455. The van der Waals surface area contributed by atoms with Gasteiger partial charge in [0.05, 0.1) is 0 Å². The van der Waals surface area contributed by atoms with Crippen LogP contribution in [-0.4, -0.2) is 22.8 Å². The molecule has 0 fully saturated rings. The zero-order valence-electron chi connectivity index (χ0n) is 15.1. The van der Waals surface area contributed by atoms with Gasteiger partial charge in [0.1, 0.15) is 0 Å². The Balaban J connectivity index is 2.00. The molecule has 3 rings (SSSR count). The Labute approximate surface area is 161 Å². The molecular formula is C22H18N2O4. The SMILES string of the molecule is CC(=O)c1cccc(NC(=O)c2ccccc2-c2ccccc2C(=O)NO)c1. The number of benzene rings is 3. The first-order valence-corrected chi connectivity index (χ1v) is 8.56. The number of amides is 2. The number of hydrogen-bond donors (Lipinski definition) is 3. The third-order valence-corrected chi connectivity index (χ3v) is 4.26. The van der Waals surface area contributed by atoms with E-state index >= 15 is 0 Å². The van der Waals surface area contributed by atoms with E-state index in [4.69, 9.17) is 5.21 Å². The largest absolute Gasteiger partial charge is 0.322 e. The van der Waals surface area contributed by atoms with E-state index in [1.165, 1.54) is 6.92 Å². The van der Waals surface area contributed by atoms with Gasteiger partial charge in [-0.1, -0.05) is 48.5 Å². The van der Waals surface area contributed by atoms with Crippen LogP contribution in [0.1, 0.15) is 38.0 Å². The van der Waals surface area contributed by atoms with E-state index in [2.05, 4.69) is 5.32 Å². The monoisotopic (exact) mass is 374 g/mol. The minimum Gasteiger partial charge on any atom is -0.322 e. The number of carbonyl (C=O) groups excluding carboxylic acids is 3. The van der Waals surface area contributed by atoms with E-state index < -0.39 is 5.91 Å². The highest BCUT2D eigenvalue weighted by atomic mass is 16.5. The first-order valence-electron chi connectivity index (χ1n) is 8.56. The van der Waals surface area contributed by atoms with Gasteiger partial charge in [-0.25, -0.2) is 5.48 Å². The number of Topliss-reactive ketones (excluding diaryl/α,β-unsaturated/α-hetero) is 1. The molecule has 28 heavy (non-hydrogen) atoms. The zero-order valence-corrected chi connectivity index (χ0v) is 15.1. The van der Waals surface area contributed by atoms with Crippen LogP contribution in [0.15, 0.2) is 72.8 Å². The number of rotatable bonds is 5. The second kappa shape index (κ2) is 8.28. The molecule has 3 aromatic carbocycles. The van der Waals surface area contributed by atoms with Crippen molar-refractivity contribution < 1.29 is 19.6 Å². The topological polar surface area (TPSA) is 95.5 Å². The van der Waals surface area contributed by atoms with Crippen molar-refractivity contribution in [2.45, 2.75) is 6.92 Å². The predicted molar refractivity (Wildman–Crippen MR) is 106 cm³/mol. The van der Waals surface area contributed by atoms with Gasteiger partial charge >= 0.3 is 0 Å². The van der Waals surface area contributed by atoms with Gasteiger partial charge in [-0.15, -0.1) is 0 Å². The van der Waals surface area contributed by atoms with E-state index in [-0.39, 0.29) is 17.3 Å². The van der Waals surface area contributed by atoms with Crippen molar-refractivity contribution in [2.75, 3.05) is 5.32 Å². The Morgan fingerprint density at radius 2 is 1.32 bits per heavy atom. The summed E-state index contributed by atoms with van der Waals surface area (Å²) in [5, 5.41) is 11.8. The molecule has 0 heterocycles. The van der Waals surface area contributed by atoms with Crippen LogP contribution >= 0.6 is 0 Å². The summed E-state index contributed by atoms with van der Waals surface area (Å²) < 4.78 is 0. The molecule has 6 nitrogen and oxygen atoms in total. The molecule has 0 saturated heterocycles. The molecule has 0 aliphatic carbocycles. The quantitative estimate of drug-likeness (QED) is 0.358. The molecule has 0 unspecified atom stereocenters. The summed E-state index contributed by atoms with van der Waals surface area (Å²) in [5.74, 6) is -1.14. The highest BCUT2D eigenvalue weighted by Crippen LogP contribution is 2.28. The van der Waals surface area contributed by atoms with Gasteiger partial charge in [-0.3, -0.25) is 19.6 Å². The maximum Gasteiger partial charge on any atom is 0.275 e. The number of ketones is 1. The lowest BCUT2D eigenvalue weighted by atomic mass is 9.94. The molecule has 0 aliphatic heterocycles.